The van der Waals surface area contributed by atoms with Gasteiger partial charge in [-0.2, -0.15) is 0 Å². The molecule has 2 aromatic carbocycles. The van der Waals surface area contributed by atoms with Crippen molar-refractivity contribution in [2.24, 2.45) is 5.92 Å². The van der Waals surface area contributed by atoms with E-state index < -0.39 is 0 Å². The van der Waals surface area contributed by atoms with Gasteiger partial charge in [-0.05, 0) is 55.6 Å². The Hall–Kier alpha value is -2.43. The molecule has 0 N–H and O–H groups in total. The second kappa shape index (κ2) is 8.29. The summed E-state index contributed by atoms with van der Waals surface area (Å²) in [6.45, 7) is 6.09. The minimum Gasteiger partial charge on any atom is -0.497 e. The van der Waals surface area contributed by atoms with Crippen LogP contribution in [-0.4, -0.2) is 43.8 Å². The van der Waals surface area contributed by atoms with Gasteiger partial charge in [-0.25, -0.2) is 4.98 Å². The number of pyridine rings is 1. The van der Waals surface area contributed by atoms with Crippen LogP contribution in [0.1, 0.15) is 17.5 Å². The third-order valence-corrected chi connectivity index (χ3v) is 5.56. The SMILES string of the molecule is COCC1CCN(Cc2cc3ccc(OC)cc3nc2-c2cccc(C)c2)C1. The van der Waals surface area contributed by atoms with Crippen LogP contribution in [0, 0.1) is 12.8 Å². The largest absolute Gasteiger partial charge is 0.497 e. The summed E-state index contributed by atoms with van der Waals surface area (Å²) in [5.41, 5.74) is 5.74. The first kappa shape index (κ1) is 18.9. The van der Waals surface area contributed by atoms with Crippen LogP contribution >= 0.6 is 0 Å². The van der Waals surface area contributed by atoms with Gasteiger partial charge in [-0.3, -0.25) is 4.90 Å². The van der Waals surface area contributed by atoms with Gasteiger partial charge in [0, 0.05) is 37.2 Å². The average Bonchev–Trinajstić information content (AvgIpc) is 3.14. The second-order valence-corrected chi connectivity index (χ2v) is 7.77. The first-order chi connectivity index (χ1) is 13.7. The number of likely N-dealkylation sites (tertiary alicyclic amines) is 1. The van der Waals surface area contributed by atoms with Gasteiger partial charge in [0.1, 0.15) is 5.75 Å². The molecule has 2 heterocycles. The number of fused-ring (bicyclic) bond motifs is 1. The normalized spacial score (nSPS) is 17.3. The maximum atomic E-state index is 5.40. The molecule has 1 saturated heterocycles. The second-order valence-electron chi connectivity index (χ2n) is 7.77. The number of methoxy groups -OCH3 is 2. The number of aromatic nitrogens is 1. The highest BCUT2D eigenvalue weighted by atomic mass is 16.5. The van der Waals surface area contributed by atoms with E-state index in [-0.39, 0.29) is 0 Å². The maximum absolute atomic E-state index is 5.40. The van der Waals surface area contributed by atoms with Crippen LogP contribution in [-0.2, 0) is 11.3 Å². The van der Waals surface area contributed by atoms with Crippen LogP contribution in [0.5, 0.6) is 5.75 Å². The van der Waals surface area contributed by atoms with E-state index in [2.05, 4.69) is 48.2 Å². The Balaban J connectivity index is 1.73. The fourth-order valence-corrected chi connectivity index (χ4v) is 4.15. The smallest absolute Gasteiger partial charge is 0.121 e. The minimum atomic E-state index is 0.630. The molecule has 4 nitrogen and oxygen atoms in total. The number of ether oxygens (including phenoxy) is 2. The molecule has 0 aliphatic carbocycles. The van der Waals surface area contributed by atoms with Crippen molar-refractivity contribution in [1.82, 2.24) is 9.88 Å². The standard InChI is InChI=1S/C24H28N2O2/c1-17-5-4-6-20(11-17)24-21(15-26-10-9-18(14-26)16-27-2)12-19-7-8-22(28-3)13-23(19)25-24/h4-8,11-13,18H,9-10,14-16H2,1-3H3. The molecule has 4 heteroatoms. The van der Waals surface area contributed by atoms with E-state index in [1.807, 2.05) is 12.1 Å². The number of rotatable bonds is 6. The number of aryl methyl sites for hydroxylation is 1. The number of hydrogen-bond acceptors (Lipinski definition) is 4. The topological polar surface area (TPSA) is 34.6 Å². The van der Waals surface area contributed by atoms with Gasteiger partial charge in [-0.15, -0.1) is 0 Å². The van der Waals surface area contributed by atoms with Crippen molar-refractivity contribution in [3.8, 4) is 17.0 Å². The molecule has 1 atom stereocenters. The fraction of sp³-hybridized carbons (Fsp3) is 0.375. The Labute approximate surface area is 167 Å². The number of hydrogen-bond donors (Lipinski definition) is 0. The van der Waals surface area contributed by atoms with Crippen molar-refractivity contribution in [3.05, 3.63) is 59.7 Å². The molecule has 1 aliphatic heterocycles. The fourth-order valence-electron chi connectivity index (χ4n) is 4.15. The van der Waals surface area contributed by atoms with E-state index in [0.717, 1.165) is 48.6 Å². The molecular weight excluding hydrogens is 348 g/mol. The van der Waals surface area contributed by atoms with Crippen molar-refractivity contribution in [2.75, 3.05) is 33.9 Å². The third kappa shape index (κ3) is 4.03. The van der Waals surface area contributed by atoms with Gasteiger partial charge < -0.3 is 9.47 Å². The number of nitrogens with zero attached hydrogens (tertiary/aromatic N) is 2. The Morgan fingerprint density at radius 3 is 2.79 bits per heavy atom. The molecular formula is C24H28N2O2. The zero-order valence-electron chi connectivity index (χ0n) is 16.9. The van der Waals surface area contributed by atoms with Gasteiger partial charge in [-0.1, -0.05) is 23.8 Å². The molecule has 0 radical (unpaired) electrons. The van der Waals surface area contributed by atoms with Crippen molar-refractivity contribution in [3.63, 3.8) is 0 Å². The molecule has 0 amide bonds. The van der Waals surface area contributed by atoms with Gasteiger partial charge in [0.05, 0.1) is 24.9 Å². The third-order valence-electron chi connectivity index (χ3n) is 5.56. The van der Waals surface area contributed by atoms with Crippen LogP contribution in [0.15, 0.2) is 48.5 Å². The molecule has 28 heavy (non-hydrogen) atoms. The molecule has 0 saturated carbocycles. The molecule has 1 aromatic heterocycles. The summed E-state index contributed by atoms with van der Waals surface area (Å²) in [4.78, 5) is 7.58. The lowest BCUT2D eigenvalue weighted by atomic mass is 10.0. The van der Waals surface area contributed by atoms with Crippen molar-refractivity contribution in [1.29, 1.82) is 0 Å². The van der Waals surface area contributed by atoms with E-state index in [9.17, 15) is 0 Å². The highest BCUT2D eigenvalue weighted by molar-refractivity contribution is 5.84. The summed E-state index contributed by atoms with van der Waals surface area (Å²) in [6.07, 6.45) is 1.20. The van der Waals surface area contributed by atoms with Crippen molar-refractivity contribution < 1.29 is 9.47 Å². The van der Waals surface area contributed by atoms with Crippen molar-refractivity contribution >= 4 is 10.9 Å². The molecule has 3 aromatic rings. The summed E-state index contributed by atoms with van der Waals surface area (Å²) in [6, 6.07) is 17.0. The molecule has 1 fully saturated rings. The molecule has 146 valence electrons. The molecule has 0 spiro atoms. The van der Waals surface area contributed by atoms with Gasteiger partial charge in [0.25, 0.3) is 0 Å². The predicted octanol–water partition coefficient (Wildman–Crippen LogP) is 4.69. The van der Waals surface area contributed by atoms with E-state index in [1.165, 1.54) is 23.1 Å². The van der Waals surface area contributed by atoms with Crippen LogP contribution in [0.2, 0.25) is 0 Å². The molecule has 0 bridgehead atoms. The maximum Gasteiger partial charge on any atom is 0.121 e. The Morgan fingerprint density at radius 1 is 1.11 bits per heavy atom. The first-order valence-electron chi connectivity index (χ1n) is 9.92. The zero-order valence-corrected chi connectivity index (χ0v) is 16.9. The lowest BCUT2D eigenvalue weighted by molar-refractivity contribution is 0.152. The van der Waals surface area contributed by atoms with E-state index >= 15 is 0 Å². The summed E-state index contributed by atoms with van der Waals surface area (Å²) in [5.74, 6) is 1.47. The minimum absolute atomic E-state index is 0.630. The number of benzene rings is 2. The van der Waals surface area contributed by atoms with Crippen LogP contribution in [0.25, 0.3) is 22.2 Å². The lowest BCUT2D eigenvalue weighted by Crippen LogP contribution is -2.22. The van der Waals surface area contributed by atoms with E-state index in [1.54, 1.807) is 14.2 Å². The quantitative estimate of drug-likeness (QED) is 0.625. The molecule has 4 rings (SSSR count). The molecule has 1 unspecified atom stereocenters. The predicted molar refractivity (Wildman–Crippen MR) is 114 cm³/mol. The van der Waals surface area contributed by atoms with Gasteiger partial charge >= 0.3 is 0 Å². The van der Waals surface area contributed by atoms with Crippen LogP contribution < -0.4 is 4.74 Å². The van der Waals surface area contributed by atoms with Crippen LogP contribution in [0.3, 0.4) is 0 Å². The zero-order chi connectivity index (χ0) is 19.5. The van der Waals surface area contributed by atoms with E-state index in [0.29, 0.717) is 5.92 Å². The van der Waals surface area contributed by atoms with Gasteiger partial charge in [0.15, 0.2) is 0 Å². The highest BCUT2D eigenvalue weighted by Crippen LogP contribution is 2.30. The summed E-state index contributed by atoms with van der Waals surface area (Å²) >= 11 is 0. The summed E-state index contributed by atoms with van der Waals surface area (Å²) in [5, 5.41) is 1.15. The highest BCUT2D eigenvalue weighted by Gasteiger charge is 2.23. The lowest BCUT2D eigenvalue weighted by Gasteiger charge is -2.19. The Bertz CT molecular complexity index is 970. The van der Waals surface area contributed by atoms with Crippen LogP contribution in [0.4, 0.5) is 0 Å². The Kier molecular flexibility index (Phi) is 5.60. The monoisotopic (exact) mass is 376 g/mol. The summed E-state index contributed by atoms with van der Waals surface area (Å²) < 4.78 is 10.8. The van der Waals surface area contributed by atoms with E-state index in [4.69, 9.17) is 14.5 Å². The van der Waals surface area contributed by atoms with Crippen molar-refractivity contribution in [2.45, 2.75) is 19.9 Å². The first-order valence-corrected chi connectivity index (χ1v) is 9.92. The van der Waals surface area contributed by atoms with Gasteiger partial charge in [0.2, 0.25) is 0 Å². The molecule has 1 aliphatic rings. The average molecular weight is 377 g/mol. The summed E-state index contributed by atoms with van der Waals surface area (Å²) in [7, 11) is 3.49. The Morgan fingerprint density at radius 2 is 2.00 bits per heavy atom.